The summed E-state index contributed by atoms with van der Waals surface area (Å²) in [6.45, 7) is 0.286. The number of halogens is 2. The second kappa shape index (κ2) is 8.38. The minimum Gasteiger partial charge on any atom is -0.497 e. The Bertz CT molecular complexity index is 1210. The molecule has 0 unspecified atom stereocenters. The van der Waals surface area contributed by atoms with Crippen molar-refractivity contribution in [1.82, 2.24) is 4.90 Å². The first kappa shape index (κ1) is 21.4. The van der Waals surface area contributed by atoms with Gasteiger partial charge in [-0.1, -0.05) is 41.4 Å². The number of methoxy groups -OCH3 is 1. The average molecular weight is 484 g/mol. The zero-order valence-corrected chi connectivity index (χ0v) is 19.2. The number of carbonyl (C=O) groups excluding carboxylic acids is 1. The maximum Gasteiger partial charge on any atom is 0.266 e. The summed E-state index contributed by atoms with van der Waals surface area (Å²) in [5.41, 5.74) is 0.883. The molecule has 1 amide bonds. The minimum absolute atomic E-state index is 0.0385. The SMILES string of the molecule is COc1ccc(CN(C(=O)c2sc3cc(Cl)ccc3c2Cl)[C@H]2CCS(=O)(=O)C2)cc1. The monoisotopic (exact) mass is 483 g/mol. The van der Waals surface area contributed by atoms with E-state index in [4.69, 9.17) is 27.9 Å². The van der Waals surface area contributed by atoms with Crippen LogP contribution in [0.1, 0.15) is 21.7 Å². The molecule has 1 aliphatic rings. The van der Waals surface area contributed by atoms with Crippen LogP contribution in [0.3, 0.4) is 0 Å². The molecule has 2 heterocycles. The van der Waals surface area contributed by atoms with Gasteiger partial charge < -0.3 is 9.64 Å². The molecule has 1 saturated heterocycles. The van der Waals surface area contributed by atoms with E-state index < -0.39 is 15.9 Å². The Hall–Kier alpha value is -1.80. The van der Waals surface area contributed by atoms with Crippen molar-refractivity contribution in [2.45, 2.75) is 19.0 Å². The Morgan fingerprint density at radius 2 is 1.93 bits per heavy atom. The Morgan fingerprint density at radius 1 is 1.20 bits per heavy atom. The van der Waals surface area contributed by atoms with Crippen molar-refractivity contribution >= 4 is 60.4 Å². The molecular weight excluding hydrogens is 465 g/mol. The first-order chi connectivity index (χ1) is 14.3. The lowest BCUT2D eigenvalue weighted by atomic mass is 10.1. The predicted molar refractivity (Wildman–Crippen MR) is 122 cm³/mol. The predicted octanol–water partition coefficient (Wildman–Crippen LogP) is 5.05. The van der Waals surface area contributed by atoms with Gasteiger partial charge in [-0.3, -0.25) is 4.79 Å². The Morgan fingerprint density at radius 3 is 2.57 bits per heavy atom. The second-order valence-electron chi connectivity index (χ2n) is 7.22. The molecule has 5 nitrogen and oxygen atoms in total. The van der Waals surface area contributed by atoms with E-state index in [0.717, 1.165) is 15.6 Å². The lowest BCUT2D eigenvalue weighted by Gasteiger charge is -2.28. The fraction of sp³-hybridized carbons (Fsp3) is 0.286. The molecule has 158 valence electrons. The molecule has 1 aliphatic heterocycles. The van der Waals surface area contributed by atoms with E-state index in [2.05, 4.69) is 0 Å². The lowest BCUT2D eigenvalue weighted by molar-refractivity contribution is 0.0686. The maximum atomic E-state index is 13.5. The van der Waals surface area contributed by atoms with Crippen molar-refractivity contribution in [2.24, 2.45) is 0 Å². The van der Waals surface area contributed by atoms with Gasteiger partial charge in [0.05, 0.1) is 23.6 Å². The van der Waals surface area contributed by atoms with Gasteiger partial charge in [-0.2, -0.15) is 0 Å². The lowest BCUT2D eigenvalue weighted by Crippen LogP contribution is -2.40. The van der Waals surface area contributed by atoms with E-state index in [1.165, 1.54) is 11.3 Å². The molecule has 4 rings (SSSR count). The summed E-state index contributed by atoms with van der Waals surface area (Å²) in [5.74, 6) is 0.489. The highest BCUT2D eigenvalue weighted by atomic mass is 35.5. The van der Waals surface area contributed by atoms with Crippen LogP contribution >= 0.6 is 34.5 Å². The van der Waals surface area contributed by atoms with E-state index in [0.29, 0.717) is 27.1 Å². The molecule has 30 heavy (non-hydrogen) atoms. The highest BCUT2D eigenvalue weighted by Gasteiger charge is 2.36. The van der Waals surface area contributed by atoms with Gasteiger partial charge in [-0.05, 0) is 36.2 Å². The van der Waals surface area contributed by atoms with Gasteiger partial charge in [0, 0.05) is 27.7 Å². The molecule has 0 N–H and O–H groups in total. The van der Waals surface area contributed by atoms with Crippen molar-refractivity contribution in [1.29, 1.82) is 0 Å². The Balaban J connectivity index is 1.71. The van der Waals surface area contributed by atoms with Crippen LogP contribution in [-0.4, -0.2) is 43.9 Å². The van der Waals surface area contributed by atoms with E-state index in [9.17, 15) is 13.2 Å². The number of rotatable bonds is 5. The molecule has 0 spiro atoms. The number of nitrogens with zero attached hydrogens (tertiary/aromatic N) is 1. The summed E-state index contributed by atoms with van der Waals surface area (Å²) in [6.07, 6.45) is 0.415. The van der Waals surface area contributed by atoms with E-state index in [1.807, 2.05) is 24.3 Å². The number of hydrogen-bond acceptors (Lipinski definition) is 5. The number of amides is 1. The number of hydrogen-bond donors (Lipinski definition) is 0. The van der Waals surface area contributed by atoms with Crippen LogP contribution in [0, 0.1) is 0 Å². The van der Waals surface area contributed by atoms with Gasteiger partial charge in [0.15, 0.2) is 9.84 Å². The van der Waals surface area contributed by atoms with E-state index in [-0.39, 0.29) is 24.0 Å². The molecule has 0 aliphatic carbocycles. The molecule has 1 fully saturated rings. The van der Waals surface area contributed by atoms with E-state index >= 15 is 0 Å². The number of ether oxygens (including phenoxy) is 1. The van der Waals surface area contributed by atoms with Gasteiger partial charge in [0.2, 0.25) is 0 Å². The molecular formula is C21H19Cl2NO4S2. The topological polar surface area (TPSA) is 63.7 Å². The molecule has 9 heteroatoms. The van der Waals surface area contributed by atoms with Crippen LogP contribution < -0.4 is 4.74 Å². The smallest absolute Gasteiger partial charge is 0.266 e. The third-order valence-electron chi connectivity index (χ3n) is 5.21. The van der Waals surface area contributed by atoms with Crippen molar-refractivity contribution in [3.05, 3.63) is 63.0 Å². The summed E-state index contributed by atoms with van der Waals surface area (Å²) >= 11 is 13.9. The molecule has 0 bridgehead atoms. The molecule has 1 atom stereocenters. The zero-order chi connectivity index (χ0) is 21.5. The van der Waals surface area contributed by atoms with Crippen LogP contribution in [0.25, 0.3) is 10.1 Å². The maximum absolute atomic E-state index is 13.5. The van der Waals surface area contributed by atoms with Gasteiger partial charge in [-0.25, -0.2) is 8.42 Å². The number of thiophene rings is 1. The number of fused-ring (bicyclic) bond motifs is 1. The first-order valence-corrected chi connectivity index (χ1v) is 12.7. The molecule has 0 saturated carbocycles. The number of benzene rings is 2. The highest BCUT2D eigenvalue weighted by molar-refractivity contribution is 7.91. The third-order valence-corrected chi connectivity index (χ3v) is 8.84. The Labute approximate surface area is 189 Å². The van der Waals surface area contributed by atoms with Gasteiger partial charge in [-0.15, -0.1) is 11.3 Å². The number of sulfone groups is 1. The summed E-state index contributed by atoms with van der Waals surface area (Å²) in [6, 6.07) is 12.3. The fourth-order valence-electron chi connectivity index (χ4n) is 3.62. The van der Waals surface area contributed by atoms with Crippen LogP contribution in [0.15, 0.2) is 42.5 Å². The van der Waals surface area contributed by atoms with Crippen molar-refractivity contribution in [2.75, 3.05) is 18.6 Å². The highest BCUT2D eigenvalue weighted by Crippen LogP contribution is 2.38. The number of carbonyl (C=O) groups is 1. The summed E-state index contributed by atoms with van der Waals surface area (Å²) in [7, 11) is -1.57. The average Bonchev–Trinajstić information content (AvgIpc) is 3.24. The van der Waals surface area contributed by atoms with Crippen molar-refractivity contribution in [3.8, 4) is 5.75 Å². The summed E-state index contributed by atoms with van der Waals surface area (Å²) < 4.78 is 30.2. The van der Waals surface area contributed by atoms with Gasteiger partial charge >= 0.3 is 0 Å². The fourth-order valence-corrected chi connectivity index (χ4v) is 7.10. The van der Waals surface area contributed by atoms with Crippen molar-refractivity contribution < 1.29 is 17.9 Å². The van der Waals surface area contributed by atoms with Crippen LogP contribution in [-0.2, 0) is 16.4 Å². The van der Waals surface area contributed by atoms with Crippen molar-refractivity contribution in [3.63, 3.8) is 0 Å². The second-order valence-corrected chi connectivity index (χ2v) is 11.3. The van der Waals surface area contributed by atoms with Crippen LogP contribution in [0.5, 0.6) is 5.75 Å². The molecule has 2 aromatic carbocycles. The van der Waals surface area contributed by atoms with Crippen LogP contribution in [0.2, 0.25) is 10.0 Å². The van der Waals surface area contributed by atoms with Gasteiger partial charge in [0.25, 0.3) is 5.91 Å². The summed E-state index contributed by atoms with van der Waals surface area (Å²) in [5, 5.41) is 1.70. The van der Waals surface area contributed by atoms with Gasteiger partial charge in [0.1, 0.15) is 10.6 Å². The van der Waals surface area contributed by atoms with E-state index in [1.54, 1.807) is 30.2 Å². The zero-order valence-electron chi connectivity index (χ0n) is 16.1. The first-order valence-electron chi connectivity index (χ1n) is 9.29. The normalized spacial score (nSPS) is 17.9. The Kier molecular flexibility index (Phi) is 5.99. The largest absolute Gasteiger partial charge is 0.497 e. The molecule has 0 radical (unpaired) electrons. The molecule has 3 aromatic rings. The molecule has 1 aromatic heterocycles. The standard InChI is InChI=1S/C21H19Cl2NO4S2/c1-28-16-5-2-13(3-6-16)11-24(15-8-9-30(26,27)12-15)21(25)20-19(23)17-7-4-14(22)10-18(17)29-20/h2-7,10,15H,8-9,11-12H2,1H3/t15-/m0/s1. The minimum atomic E-state index is -3.16. The third kappa shape index (κ3) is 4.30. The summed E-state index contributed by atoms with van der Waals surface area (Å²) in [4.78, 5) is 15.6. The quantitative estimate of drug-likeness (QED) is 0.509. The van der Waals surface area contributed by atoms with Crippen LogP contribution in [0.4, 0.5) is 0 Å².